The van der Waals surface area contributed by atoms with Crippen LogP contribution in [0.25, 0.3) is 0 Å². The van der Waals surface area contributed by atoms with E-state index >= 15 is 0 Å². The van der Waals surface area contributed by atoms with Crippen molar-refractivity contribution >= 4 is 6.09 Å². The molecule has 2 bridgehead atoms. The monoisotopic (exact) mass is 420 g/mol. The van der Waals surface area contributed by atoms with Gasteiger partial charge in [-0.25, -0.2) is 4.79 Å². The normalized spacial score (nSPS) is 26.8. The Kier molecular flexibility index (Phi) is 7.39. The summed E-state index contributed by atoms with van der Waals surface area (Å²) < 4.78 is 22.3. The molecule has 3 rings (SSSR count). The molecule has 0 unspecified atom stereocenters. The molecule has 1 amide bonds. The van der Waals surface area contributed by atoms with Gasteiger partial charge in [-0.15, -0.1) is 0 Å². The van der Waals surface area contributed by atoms with Crippen molar-refractivity contribution in [2.45, 2.75) is 63.4 Å². The van der Waals surface area contributed by atoms with Gasteiger partial charge in [-0.05, 0) is 39.2 Å². The summed E-state index contributed by atoms with van der Waals surface area (Å²) in [5.74, 6) is 0. The van der Waals surface area contributed by atoms with Crippen LogP contribution in [0.3, 0.4) is 0 Å². The maximum atomic E-state index is 13.3. The summed E-state index contributed by atoms with van der Waals surface area (Å²) in [6.07, 6.45) is 1.52. The van der Waals surface area contributed by atoms with Crippen LogP contribution in [0.4, 0.5) is 4.79 Å². The Hall–Kier alpha value is -1.67. The average Bonchev–Trinajstić information content (AvgIpc) is 2.96. The molecule has 3 atom stereocenters. The van der Waals surface area contributed by atoms with E-state index in [1.165, 1.54) is 5.56 Å². The molecule has 1 aromatic carbocycles. The standard InChI is InChI=1S/C23H36N2O5/c1-22(2,3)30-21(26)25-19-11-12-23(25,16-27-4)15-24(20(19)14-29-17-28-5)13-18-9-7-6-8-10-18/h6-10,19-20H,11-17H2,1-5H3/t19-,20+,23+/m0/s1. The minimum atomic E-state index is -0.548. The van der Waals surface area contributed by atoms with Gasteiger partial charge in [0.2, 0.25) is 0 Å². The maximum Gasteiger partial charge on any atom is 0.411 e. The summed E-state index contributed by atoms with van der Waals surface area (Å²) >= 11 is 0. The molecule has 2 aliphatic rings. The van der Waals surface area contributed by atoms with Crippen LogP contribution in [0.2, 0.25) is 0 Å². The zero-order valence-corrected chi connectivity index (χ0v) is 18.9. The Balaban J connectivity index is 1.89. The molecule has 0 spiro atoms. The lowest BCUT2D eigenvalue weighted by molar-refractivity contribution is -0.109. The second kappa shape index (κ2) is 9.64. The van der Waals surface area contributed by atoms with Crippen LogP contribution < -0.4 is 0 Å². The number of fused-ring (bicyclic) bond motifs is 2. The minimum Gasteiger partial charge on any atom is -0.444 e. The molecule has 7 heteroatoms. The van der Waals surface area contributed by atoms with Crippen molar-refractivity contribution in [3.63, 3.8) is 0 Å². The zero-order chi connectivity index (χ0) is 21.8. The summed E-state index contributed by atoms with van der Waals surface area (Å²) in [6, 6.07) is 10.5. The quantitative estimate of drug-likeness (QED) is 0.475. The number of benzene rings is 1. The fraction of sp³-hybridized carbons (Fsp3) is 0.696. The van der Waals surface area contributed by atoms with E-state index in [2.05, 4.69) is 29.2 Å². The summed E-state index contributed by atoms with van der Waals surface area (Å²) in [7, 11) is 3.32. The molecule has 2 aliphatic heterocycles. The maximum absolute atomic E-state index is 13.3. The van der Waals surface area contributed by atoms with E-state index in [0.29, 0.717) is 19.8 Å². The average molecular weight is 421 g/mol. The van der Waals surface area contributed by atoms with Crippen molar-refractivity contribution in [3.8, 4) is 0 Å². The number of methoxy groups -OCH3 is 2. The van der Waals surface area contributed by atoms with Crippen LogP contribution in [-0.4, -0.2) is 79.9 Å². The van der Waals surface area contributed by atoms with E-state index in [1.807, 2.05) is 31.7 Å². The first-order chi connectivity index (χ1) is 14.3. The highest BCUT2D eigenvalue weighted by atomic mass is 16.7. The lowest BCUT2D eigenvalue weighted by atomic mass is 9.94. The smallest absolute Gasteiger partial charge is 0.411 e. The molecule has 30 heavy (non-hydrogen) atoms. The lowest BCUT2D eigenvalue weighted by Gasteiger charge is -2.52. The van der Waals surface area contributed by atoms with Crippen molar-refractivity contribution < 1.29 is 23.7 Å². The molecular weight excluding hydrogens is 384 g/mol. The fourth-order valence-electron chi connectivity index (χ4n) is 4.83. The number of carbonyl (C=O) groups is 1. The predicted molar refractivity (Wildman–Crippen MR) is 114 cm³/mol. The van der Waals surface area contributed by atoms with Crippen molar-refractivity contribution in [1.29, 1.82) is 0 Å². The van der Waals surface area contributed by atoms with Gasteiger partial charge >= 0.3 is 6.09 Å². The van der Waals surface area contributed by atoms with Crippen molar-refractivity contribution in [2.24, 2.45) is 0 Å². The SMILES string of the molecule is COCOC[C@@H]1[C@@H]2CC[C@](COC)(CN1Cc1ccccc1)N2C(=O)OC(C)(C)C. The molecule has 2 saturated heterocycles. The molecule has 0 aliphatic carbocycles. The molecule has 0 N–H and O–H groups in total. The first kappa shape index (κ1) is 23.0. The Bertz CT molecular complexity index is 693. The van der Waals surface area contributed by atoms with Crippen LogP contribution in [0.15, 0.2) is 30.3 Å². The van der Waals surface area contributed by atoms with Gasteiger partial charge in [-0.3, -0.25) is 9.80 Å². The Morgan fingerprint density at radius 3 is 2.53 bits per heavy atom. The van der Waals surface area contributed by atoms with Gasteiger partial charge < -0.3 is 18.9 Å². The number of rotatable bonds is 8. The molecule has 1 aromatic rings. The van der Waals surface area contributed by atoms with E-state index in [-0.39, 0.29) is 25.0 Å². The number of piperazine rings is 1. The number of hydrogen-bond acceptors (Lipinski definition) is 6. The Labute approximate surface area is 180 Å². The van der Waals surface area contributed by atoms with E-state index in [9.17, 15) is 4.79 Å². The summed E-state index contributed by atoms with van der Waals surface area (Å²) in [5.41, 5.74) is 0.300. The number of ether oxygens (including phenoxy) is 4. The summed E-state index contributed by atoms with van der Waals surface area (Å²) in [5, 5.41) is 0. The largest absolute Gasteiger partial charge is 0.444 e. The van der Waals surface area contributed by atoms with Crippen LogP contribution in [0, 0.1) is 0 Å². The molecule has 2 heterocycles. The minimum absolute atomic E-state index is 0.00400. The van der Waals surface area contributed by atoms with Crippen molar-refractivity contribution in [3.05, 3.63) is 35.9 Å². The predicted octanol–water partition coefficient (Wildman–Crippen LogP) is 3.28. The first-order valence-corrected chi connectivity index (χ1v) is 10.7. The van der Waals surface area contributed by atoms with Crippen LogP contribution in [-0.2, 0) is 25.5 Å². The van der Waals surface area contributed by atoms with Crippen molar-refractivity contribution in [2.75, 3.05) is 40.8 Å². The van der Waals surface area contributed by atoms with E-state index < -0.39 is 11.1 Å². The van der Waals surface area contributed by atoms with E-state index in [1.54, 1.807) is 14.2 Å². The Morgan fingerprint density at radius 1 is 1.17 bits per heavy atom. The van der Waals surface area contributed by atoms with Crippen LogP contribution >= 0.6 is 0 Å². The third kappa shape index (κ3) is 5.14. The van der Waals surface area contributed by atoms with Gasteiger partial charge in [0.25, 0.3) is 0 Å². The molecule has 168 valence electrons. The van der Waals surface area contributed by atoms with E-state index in [0.717, 1.165) is 19.4 Å². The number of amides is 1. The summed E-state index contributed by atoms with van der Waals surface area (Å²) in [4.78, 5) is 17.6. The van der Waals surface area contributed by atoms with Crippen molar-refractivity contribution in [1.82, 2.24) is 9.80 Å². The molecule has 2 fully saturated rings. The summed E-state index contributed by atoms with van der Waals surface area (Å²) in [6.45, 7) is 8.44. The second-order valence-corrected chi connectivity index (χ2v) is 9.35. The van der Waals surface area contributed by atoms with Gasteiger partial charge in [-0.2, -0.15) is 0 Å². The lowest BCUT2D eigenvalue weighted by Crippen LogP contribution is -2.69. The molecular formula is C23H36N2O5. The topological polar surface area (TPSA) is 60.5 Å². The second-order valence-electron chi connectivity index (χ2n) is 9.35. The van der Waals surface area contributed by atoms with Gasteiger partial charge in [0, 0.05) is 27.3 Å². The van der Waals surface area contributed by atoms with E-state index in [4.69, 9.17) is 18.9 Å². The number of nitrogens with zero attached hydrogens (tertiary/aromatic N) is 2. The zero-order valence-electron chi connectivity index (χ0n) is 18.9. The van der Waals surface area contributed by atoms with Gasteiger partial charge in [0.05, 0.1) is 30.8 Å². The highest BCUT2D eigenvalue weighted by Gasteiger charge is 2.58. The van der Waals surface area contributed by atoms with Crippen LogP contribution in [0.1, 0.15) is 39.2 Å². The van der Waals surface area contributed by atoms with Gasteiger partial charge in [-0.1, -0.05) is 30.3 Å². The first-order valence-electron chi connectivity index (χ1n) is 10.7. The number of hydrogen-bond donors (Lipinski definition) is 0. The third-order valence-corrected chi connectivity index (χ3v) is 5.88. The van der Waals surface area contributed by atoms with Gasteiger partial charge in [0.1, 0.15) is 12.4 Å². The number of likely N-dealkylation sites (tertiary alicyclic amines) is 1. The number of carbonyl (C=O) groups excluding carboxylic acids is 1. The molecule has 0 radical (unpaired) electrons. The third-order valence-electron chi connectivity index (χ3n) is 5.88. The molecule has 0 aromatic heterocycles. The molecule has 7 nitrogen and oxygen atoms in total. The molecule has 0 saturated carbocycles. The van der Waals surface area contributed by atoms with Crippen LogP contribution in [0.5, 0.6) is 0 Å². The fourth-order valence-corrected chi connectivity index (χ4v) is 4.83. The Morgan fingerprint density at radius 2 is 1.90 bits per heavy atom. The van der Waals surface area contributed by atoms with Gasteiger partial charge in [0.15, 0.2) is 0 Å². The highest BCUT2D eigenvalue weighted by Crippen LogP contribution is 2.43. The highest BCUT2D eigenvalue weighted by molar-refractivity contribution is 5.71.